The van der Waals surface area contributed by atoms with Crippen LogP contribution >= 0.6 is 0 Å². The fourth-order valence-electron chi connectivity index (χ4n) is 1.33. The second kappa shape index (κ2) is 4.45. The van der Waals surface area contributed by atoms with E-state index in [1.165, 1.54) is 11.8 Å². The van der Waals surface area contributed by atoms with E-state index in [4.69, 9.17) is 5.41 Å². The van der Waals surface area contributed by atoms with Crippen LogP contribution in [0.25, 0.3) is 0 Å². The highest BCUT2D eigenvalue weighted by atomic mass is 14.8. The maximum Gasteiger partial charge on any atom is 0.0471 e. The number of hydrogen-bond donors (Lipinski definition) is 2. The average molecular weight is 174 g/mol. The maximum atomic E-state index is 7.31. The molecule has 1 aromatic rings. The van der Waals surface area contributed by atoms with Crippen molar-refractivity contribution in [3.05, 3.63) is 42.1 Å². The van der Waals surface area contributed by atoms with Crippen LogP contribution in [0, 0.1) is 5.41 Å². The van der Waals surface area contributed by atoms with Gasteiger partial charge in [-0.05, 0) is 24.3 Å². The number of aryl methyl sites for hydroxylation is 1. The molecular formula is C11H14N2. The molecule has 0 atom stereocenters. The van der Waals surface area contributed by atoms with E-state index in [0.717, 1.165) is 17.7 Å². The molecule has 0 saturated heterocycles. The molecular weight excluding hydrogens is 160 g/mol. The number of benzene rings is 1. The predicted molar refractivity (Wildman–Crippen MR) is 57.5 cm³/mol. The normalized spacial score (nSPS) is 9.31. The van der Waals surface area contributed by atoms with E-state index < -0.39 is 0 Å². The third kappa shape index (κ3) is 1.96. The Balaban J connectivity index is 3.17. The van der Waals surface area contributed by atoms with Crippen molar-refractivity contribution in [3.8, 4) is 0 Å². The fourth-order valence-corrected chi connectivity index (χ4v) is 1.33. The Morgan fingerprint density at radius 2 is 2.31 bits per heavy atom. The lowest BCUT2D eigenvalue weighted by molar-refractivity contribution is 1.13. The monoisotopic (exact) mass is 174 g/mol. The molecule has 0 aliphatic rings. The van der Waals surface area contributed by atoms with Gasteiger partial charge in [-0.25, -0.2) is 0 Å². The molecule has 0 saturated carbocycles. The third-order valence-corrected chi connectivity index (χ3v) is 1.98. The van der Waals surface area contributed by atoms with Crippen LogP contribution in [0.1, 0.15) is 18.1 Å². The minimum atomic E-state index is 0.942. The Bertz CT molecular complexity index is 316. The van der Waals surface area contributed by atoms with Crippen LogP contribution in [0.2, 0.25) is 0 Å². The highest BCUT2D eigenvalue weighted by Gasteiger charge is 2.02. The van der Waals surface area contributed by atoms with Crippen LogP contribution in [-0.4, -0.2) is 6.21 Å². The molecule has 2 heteroatoms. The summed E-state index contributed by atoms with van der Waals surface area (Å²) in [5.74, 6) is 0. The maximum absolute atomic E-state index is 7.31. The molecule has 0 spiro atoms. The Hall–Kier alpha value is -1.57. The molecule has 68 valence electrons. The van der Waals surface area contributed by atoms with E-state index >= 15 is 0 Å². The average Bonchev–Trinajstić information content (AvgIpc) is 2.18. The molecule has 0 aliphatic heterocycles. The Labute approximate surface area is 78.8 Å². The van der Waals surface area contributed by atoms with E-state index in [1.54, 1.807) is 6.20 Å². The minimum absolute atomic E-state index is 0.942. The molecule has 1 rings (SSSR count). The van der Waals surface area contributed by atoms with E-state index in [0.29, 0.717) is 0 Å². The van der Waals surface area contributed by atoms with Gasteiger partial charge < -0.3 is 10.7 Å². The number of rotatable bonds is 4. The number of nitrogens with one attached hydrogen (secondary N) is 2. The van der Waals surface area contributed by atoms with Gasteiger partial charge in [-0.2, -0.15) is 0 Å². The van der Waals surface area contributed by atoms with Crippen molar-refractivity contribution < 1.29 is 0 Å². The summed E-state index contributed by atoms with van der Waals surface area (Å²) in [7, 11) is 0. The first-order chi connectivity index (χ1) is 6.33. The van der Waals surface area contributed by atoms with Crippen LogP contribution in [0.3, 0.4) is 0 Å². The first-order valence-electron chi connectivity index (χ1n) is 4.33. The Kier molecular flexibility index (Phi) is 3.26. The van der Waals surface area contributed by atoms with Crippen LogP contribution in [0.15, 0.2) is 31.0 Å². The first kappa shape index (κ1) is 9.52. The van der Waals surface area contributed by atoms with Crippen molar-refractivity contribution in [2.75, 3.05) is 5.32 Å². The molecule has 1 aromatic carbocycles. The lowest BCUT2D eigenvalue weighted by atomic mass is 10.0. The lowest BCUT2D eigenvalue weighted by Gasteiger charge is -2.08. The van der Waals surface area contributed by atoms with Crippen molar-refractivity contribution in [2.24, 2.45) is 0 Å². The molecule has 0 aromatic heterocycles. The van der Waals surface area contributed by atoms with Crippen LogP contribution < -0.4 is 5.32 Å². The second-order valence-electron chi connectivity index (χ2n) is 2.72. The Morgan fingerprint density at radius 3 is 2.85 bits per heavy atom. The van der Waals surface area contributed by atoms with E-state index in [1.807, 2.05) is 18.2 Å². The van der Waals surface area contributed by atoms with Crippen molar-refractivity contribution in [3.63, 3.8) is 0 Å². The van der Waals surface area contributed by atoms with Gasteiger partial charge in [0, 0.05) is 17.5 Å². The highest BCUT2D eigenvalue weighted by molar-refractivity contribution is 5.88. The van der Waals surface area contributed by atoms with Gasteiger partial charge in [0.25, 0.3) is 0 Å². The molecule has 2 nitrogen and oxygen atoms in total. The molecule has 0 unspecified atom stereocenters. The summed E-state index contributed by atoms with van der Waals surface area (Å²) in [6.45, 7) is 5.68. The SMILES string of the molecule is C=CNc1cccc(CC)c1C=N. The molecule has 13 heavy (non-hydrogen) atoms. The van der Waals surface area contributed by atoms with Gasteiger partial charge in [0.2, 0.25) is 0 Å². The van der Waals surface area contributed by atoms with Crippen LogP contribution in [-0.2, 0) is 6.42 Å². The summed E-state index contributed by atoms with van der Waals surface area (Å²) in [5.41, 5.74) is 3.08. The summed E-state index contributed by atoms with van der Waals surface area (Å²) in [6.07, 6.45) is 3.95. The van der Waals surface area contributed by atoms with Crippen LogP contribution in [0.4, 0.5) is 5.69 Å². The molecule has 0 aliphatic carbocycles. The van der Waals surface area contributed by atoms with E-state index in [9.17, 15) is 0 Å². The van der Waals surface area contributed by atoms with Gasteiger partial charge in [0.15, 0.2) is 0 Å². The van der Waals surface area contributed by atoms with Crippen molar-refractivity contribution in [1.29, 1.82) is 5.41 Å². The topological polar surface area (TPSA) is 35.9 Å². The van der Waals surface area contributed by atoms with Crippen LogP contribution in [0.5, 0.6) is 0 Å². The molecule has 0 amide bonds. The van der Waals surface area contributed by atoms with E-state index in [2.05, 4.69) is 18.8 Å². The van der Waals surface area contributed by atoms with Crippen molar-refractivity contribution in [2.45, 2.75) is 13.3 Å². The molecule has 2 N–H and O–H groups in total. The largest absolute Gasteiger partial charge is 0.362 e. The van der Waals surface area contributed by atoms with Gasteiger partial charge in [-0.15, -0.1) is 0 Å². The molecule has 0 heterocycles. The smallest absolute Gasteiger partial charge is 0.0471 e. The van der Waals surface area contributed by atoms with Gasteiger partial charge in [-0.1, -0.05) is 25.6 Å². The Morgan fingerprint density at radius 1 is 1.54 bits per heavy atom. The quantitative estimate of drug-likeness (QED) is 0.676. The third-order valence-electron chi connectivity index (χ3n) is 1.98. The zero-order valence-electron chi connectivity index (χ0n) is 7.80. The zero-order valence-corrected chi connectivity index (χ0v) is 7.80. The molecule has 0 radical (unpaired) electrons. The summed E-state index contributed by atoms with van der Waals surface area (Å²) in [4.78, 5) is 0. The number of anilines is 1. The summed E-state index contributed by atoms with van der Waals surface area (Å²) in [6, 6.07) is 5.97. The summed E-state index contributed by atoms with van der Waals surface area (Å²) >= 11 is 0. The predicted octanol–water partition coefficient (Wildman–Crippen LogP) is 2.80. The standard InChI is InChI=1S/C11H14N2/c1-3-9-6-5-7-11(13-4-2)10(9)8-12/h4-8,12-13H,2-3H2,1H3. The molecule has 0 fully saturated rings. The van der Waals surface area contributed by atoms with Gasteiger partial charge in [0.05, 0.1) is 0 Å². The number of hydrogen-bond acceptors (Lipinski definition) is 2. The first-order valence-corrected chi connectivity index (χ1v) is 4.33. The molecule has 0 bridgehead atoms. The van der Waals surface area contributed by atoms with E-state index in [-0.39, 0.29) is 0 Å². The highest BCUT2D eigenvalue weighted by Crippen LogP contribution is 2.18. The zero-order chi connectivity index (χ0) is 9.68. The minimum Gasteiger partial charge on any atom is -0.362 e. The second-order valence-corrected chi connectivity index (χ2v) is 2.72. The summed E-state index contributed by atoms with van der Waals surface area (Å²) in [5, 5.41) is 10.3. The lowest BCUT2D eigenvalue weighted by Crippen LogP contribution is -1.97. The van der Waals surface area contributed by atoms with Crippen molar-refractivity contribution in [1.82, 2.24) is 0 Å². The summed E-state index contributed by atoms with van der Waals surface area (Å²) < 4.78 is 0. The van der Waals surface area contributed by atoms with Gasteiger partial charge in [0.1, 0.15) is 0 Å². The van der Waals surface area contributed by atoms with Gasteiger partial charge >= 0.3 is 0 Å². The van der Waals surface area contributed by atoms with Gasteiger partial charge in [-0.3, -0.25) is 0 Å². The fraction of sp³-hybridized carbons (Fsp3) is 0.182. The van der Waals surface area contributed by atoms with Crippen molar-refractivity contribution >= 4 is 11.9 Å².